The zero-order valence-electron chi connectivity index (χ0n) is 58.2. The van der Waals surface area contributed by atoms with Crippen molar-refractivity contribution >= 4 is 56.2 Å². The van der Waals surface area contributed by atoms with Crippen molar-refractivity contribution in [2.75, 3.05) is 72.3 Å². The first-order chi connectivity index (χ1) is 47.8. The van der Waals surface area contributed by atoms with Crippen LogP contribution in [0.1, 0.15) is 192 Å². The molecule has 5 aromatic carbocycles. The van der Waals surface area contributed by atoms with E-state index in [4.69, 9.17) is 46.4 Å². The van der Waals surface area contributed by atoms with Gasteiger partial charge in [0.15, 0.2) is 5.78 Å². The van der Waals surface area contributed by atoms with Crippen molar-refractivity contribution in [1.82, 2.24) is 0 Å². The van der Waals surface area contributed by atoms with E-state index in [1.54, 1.807) is 43.1 Å². The lowest BCUT2D eigenvalue weighted by molar-refractivity contribution is -0.114. The molecule has 0 unspecified atom stereocenters. The van der Waals surface area contributed by atoms with Gasteiger partial charge >= 0.3 is 16.9 Å². The monoisotopic (exact) mass is 1350 g/mol. The lowest BCUT2D eigenvalue weighted by Gasteiger charge is -2.17. The normalized spacial score (nSPS) is 11.6. The van der Waals surface area contributed by atoms with E-state index in [-0.39, 0.29) is 17.0 Å². The summed E-state index contributed by atoms with van der Waals surface area (Å²) in [6, 6.07) is 44.8. The highest BCUT2D eigenvalue weighted by atomic mass is 32.2. The second-order valence-electron chi connectivity index (χ2n) is 24.3. The SMILES string of the molecule is CCCCCCCCCCCCCCOC1=CC(=O)Cc2ccccc21.CCCCCCCCCCCCSc1cc(=O)oc2ccccc12.COCCOCCOCCOc1cc(=O)oc2ccccc12.O=c1cc(OCCCCCCOc2ccccc2)c2ccccc2o1. The van der Waals surface area contributed by atoms with Gasteiger partial charge in [0, 0.05) is 41.5 Å². The van der Waals surface area contributed by atoms with Crippen molar-refractivity contribution in [3.05, 3.63) is 194 Å². The Labute approximate surface area is 580 Å². The number of benzene rings is 5. The molecule has 0 fully saturated rings. The van der Waals surface area contributed by atoms with Crippen LogP contribution in [-0.2, 0) is 30.2 Å². The number of carbonyl (C=O) groups excluding carboxylic acids is 1. The molecule has 0 N–H and O–H groups in total. The second-order valence-corrected chi connectivity index (χ2v) is 25.5. The van der Waals surface area contributed by atoms with Crippen molar-refractivity contribution in [2.24, 2.45) is 0 Å². The fraction of sp³-hybridized carbons (Fsp3) is 0.488. The fourth-order valence-corrected chi connectivity index (χ4v) is 12.2. The van der Waals surface area contributed by atoms with E-state index in [1.165, 1.54) is 147 Å². The Morgan fingerprint density at radius 1 is 0.371 bits per heavy atom. The van der Waals surface area contributed by atoms with Gasteiger partial charge in [0.25, 0.3) is 0 Å². The molecular formula is C82H108O14S. The molecule has 0 atom stereocenters. The molecule has 3 heterocycles. The Hall–Kier alpha value is -7.43. The quantitative estimate of drug-likeness (QED) is 0.0200. The molecule has 526 valence electrons. The summed E-state index contributed by atoms with van der Waals surface area (Å²) >= 11 is 1.78. The van der Waals surface area contributed by atoms with Gasteiger partial charge in [-0.15, -0.1) is 11.8 Å². The van der Waals surface area contributed by atoms with Crippen LogP contribution in [0.15, 0.2) is 184 Å². The maximum Gasteiger partial charge on any atom is 0.339 e. The third kappa shape index (κ3) is 32.7. The summed E-state index contributed by atoms with van der Waals surface area (Å²) in [5, 5.41) is 2.65. The van der Waals surface area contributed by atoms with E-state index in [0.717, 1.165) is 88.2 Å². The molecule has 0 bridgehead atoms. The molecule has 1 aliphatic rings. The first-order valence-electron chi connectivity index (χ1n) is 36.0. The average Bonchev–Trinajstić information content (AvgIpc) is 0.918. The molecule has 14 nitrogen and oxygen atoms in total. The van der Waals surface area contributed by atoms with Crippen LogP contribution in [0.3, 0.4) is 0 Å². The van der Waals surface area contributed by atoms with Crippen LogP contribution < -0.4 is 31.1 Å². The Balaban J connectivity index is 0.000000205. The predicted molar refractivity (Wildman–Crippen MR) is 395 cm³/mol. The third-order valence-electron chi connectivity index (χ3n) is 16.4. The number of carbonyl (C=O) groups is 1. The lowest BCUT2D eigenvalue weighted by atomic mass is 9.95. The van der Waals surface area contributed by atoms with E-state index in [9.17, 15) is 19.2 Å². The molecule has 3 aromatic heterocycles. The summed E-state index contributed by atoms with van der Waals surface area (Å²) < 4.78 is 54.0. The molecule has 9 rings (SSSR count). The van der Waals surface area contributed by atoms with Gasteiger partial charge in [-0.05, 0) is 92.3 Å². The van der Waals surface area contributed by atoms with Gasteiger partial charge in [0.05, 0.1) is 75.8 Å². The zero-order chi connectivity index (χ0) is 68.4. The summed E-state index contributed by atoms with van der Waals surface area (Å²) in [5.74, 6) is 4.00. The highest BCUT2D eigenvalue weighted by Gasteiger charge is 2.18. The minimum absolute atomic E-state index is 0.147. The third-order valence-corrected chi connectivity index (χ3v) is 17.5. The van der Waals surface area contributed by atoms with Crippen molar-refractivity contribution in [2.45, 2.75) is 192 Å². The topological polar surface area (TPSA) is 172 Å². The Morgan fingerprint density at radius 3 is 1.31 bits per heavy atom. The molecule has 0 saturated heterocycles. The van der Waals surface area contributed by atoms with Crippen LogP contribution >= 0.6 is 11.8 Å². The van der Waals surface area contributed by atoms with E-state index in [0.29, 0.717) is 87.5 Å². The number of unbranched alkanes of at least 4 members (excludes halogenated alkanes) is 23. The number of rotatable bonds is 45. The summed E-state index contributed by atoms with van der Waals surface area (Å²) in [4.78, 5) is 47.5. The summed E-state index contributed by atoms with van der Waals surface area (Å²) in [5.41, 5.74) is 2.87. The number of allylic oxidation sites excluding steroid dienone is 1. The van der Waals surface area contributed by atoms with Crippen molar-refractivity contribution in [3.63, 3.8) is 0 Å². The fourth-order valence-electron chi connectivity index (χ4n) is 11.1. The minimum Gasteiger partial charge on any atom is -0.494 e. The molecule has 0 amide bonds. The standard InChI is InChI=1S/C24H36O2.C21H22O4.C21H30O2S.C16H20O6/c1-2-3-4-5-6-7-8-9-10-11-12-15-18-26-24-20-22(25)19-21-16-13-14-17-23(21)24;22-21-16-20(18-12-6-7-13-19(18)25-21)24-15-9-2-1-8-14-23-17-10-4-3-5-11-17;1-2-3-4-5-6-7-8-9-10-13-16-24-20-17-21(22)23-19-15-12-11-14-18(19)20;1-18-6-7-19-8-9-20-10-11-21-15-12-16(17)22-14-5-3-2-4-13(14)15/h13-14,16-17,20H,2-12,15,18-19H2,1H3;3-7,10-13,16H,1-2,8-9,14-15H2;11-12,14-15,17H,2-10,13,16H2,1H3;2-5,12H,6-11H2,1H3. The van der Waals surface area contributed by atoms with E-state index >= 15 is 0 Å². The van der Waals surface area contributed by atoms with E-state index < -0.39 is 5.63 Å². The van der Waals surface area contributed by atoms with Crippen molar-refractivity contribution < 1.29 is 51.2 Å². The average molecular weight is 1350 g/mol. The number of hydrogen-bond donors (Lipinski definition) is 0. The molecule has 1 aliphatic carbocycles. The van der Waals surface area contributed by atoms with Gasteiger partial charge in [0.1, 0.15) is 46.4 Å². The first-order valence-corrected chi connectivity index (χ1v) is 37.0. The van der Waals surface area contributed by atoms with Crippen LogP contribution in [-0.4, -0.2) is 78.1 Å². The molecule has 0 radical (unpaired) electrons. The van der Waals surface area contributed by atoms with Crippen LogP contribution in [0, 0.1) is 0 Å². The molecule has 0 spiro atoms. The Bertz CT molecular complexity index is 3610. The molecule has 0 saturated carbocycles. The highest BCUT2D eigenvalue weighted by Crippen LogP contribution is 2.30. The first kappa shape index (κ1) is 78.6. The summed E-state index contributed by atoms with van der Waals surface area (Å²) in [7, 11) is 1.63. The number of methoxy groups -OCH3 is 1. The van der Waals surface area contributed by atoms with Crippen LogP contribution in [0.25, 0.3) is 38.7 Å². The molecule has 97 heavy (non-hydrogen) atoms. The highest BCUT2D eigenvalue weighted by molar-refractivity contribution is 7.99. The predicted octanol–water partition coefficient (Wildman–Crippen LogP) is 20.3. The van der Waals surface area contributed by atoms with Crippen LogP contribution in [0.4, 0.5) is 0 Å². The van der Waals surface area contributed by atoms with Gasteiger partial charge in [-0.2, -0.15) is 0 Å². The van der Waals surface area contributed by atoms with Gasteiger partial charge in [-0.25, -0.2) is 14.4 Å². The number of hydrogen-bond acceptors (Lipinski definition) is 15. The number of ether oxygens (including phenoxy) is 7. The van der Waals surface area contributed by atoms with Gasteiger partial charge in [-0.3, -0.25) is 4.79 Å². The lowest BCUT2D eigenvalue weighted by Crippen LogP contribution is -2.13. The molecule has 15 heteroatoms. The summed E-state index contributed by atoms with van der Waals surface area (Å²) in [6.45, 7) is 9.49. The van der Waals surface area contributed by atoms with Gasteiger partial charge in [0.2, 0.25) is 0 Å². The van der Waals surface area contributed by atoms with Crippen molar-refractivity contribution in [3.8, 4) is 17.2 Å². The smallest absolute Gasteiger partial charge is 0.339 e. The number of fused-ring (bicyclic) bond motifs is 4. The van der Waals surface area contributed by atoms with Gasteiger partial charge in [-0.1, -0.05) is 227 Å². The summed E-state index contributed by atoms with van der Waals surface area (Å²) in [6.07, 6.45) is 36.0. The minimum atomic E-state index is -0.429. The number of ketones is 1. The Morgan fingerprint density at radius 2 is 0.773 bits per heavy atom. The largest absolute Gasteiger partial charge is 0.494 e. The zero-order valence-corrected chi connectivity index (χ0v) is 59.0. The van der Waals surface area contributed by atoms with E-state index in [2.05, 4.69) is 19.9 Å². The Kier molecular flexibility index (Phi) is 40.5. The van der Waals surface area contributed by atoms with Crippen LogP contribution in [0.2, 0.25) is 0 Å². The van der Waals surface area contributed by atoms with Crippen LogP contribution in [0.5, 0.6) is 17.2 Å². The molecule has 8 aromatic rings. The molecular weight excluding hydrogens is 1240 g/mol. The van der Waals surface area contributed by atoms with E-state index in [1.807, 2.05) is 109 Å². The molecule has 0 aliphatic heterocycles. The van der Waals surface area contributed by atoms with Crippen molar-refractivity contribution in [1.29, 1.82) is 0 Å². The second kappa shape index (κ2) is 50.0. The maximum atomic E-state index is 11.8. The number of thioether (sulfide) groups is 1. The number of para-hydroxylation sites is 4. The maximum absolute atomic E-state index is 11.8. The van der Waals surface area contributed by atoms with Gasteiger partial charge < -0.3 is 46.4 Å².